The first-order chi connectivity index (χ1) is 19.3. The van der Waals surface area contributed by atoms with Crippen LogP contribution in [0.5, 0.6) is 11.5 Å². The van der Waals surface area contributed by atoms with Crippen LogP contribution in [0.4, 0.5) is 10.2 Å². The van der Waals surface area contributed by atoms with Gasteiger partial charge < -0.3 is 25.0 Å². The largest absolute Gasteiger partial charge is 0.497 e. The van der Waals surface area contributed by atoms with Crippen LogP contribution in [0.15, 0.2) is 54.7 Å². The van der Waals surface area contributed by atoms with Gasteiger partial charge in [0.15, 0.2) is 0 Å². The fourth-order valence-electron chi connectivity index (χ4n) is 6.03. The number of benzene rings is 2. The predicted octanol–water partition coefficient (Wildman–Crippen LogP) is 4.97. The molecule has 2 bridgehead atoms. The SMILES string of the molecule is COc1ccc([C@H](C)NC(=O)c2ccc(N3C4CCC3CC(NC(=O)c3cccc(OC)c3C)C4)nc2)c(F)c1. The smallest absolute Gasteiger partial charge is 0.253 e. The van der Waals surface area contributed by atoms with Crippen LogP contribution < -0.4 is 25.0 Å². The number of halogens is 1. The summed E-state index contributed by atoms with van der Waals surface area (Å²) >= 11 is 0. The van der Waals surface area contributed by atoms with E-state index in [0.717, 1.165) is 37.1 Å². The minimum atomic E-state index is -0.524. The molecule has 40 heavy (non-hydrogen) atoms. The molecular weight excluding hydrogens is 511 g/mol. The lowest BCUT2D eigenvalue weighted by Crippen LogP contribution is -2.50. The number of carbonyl (C=O) groups is 2. The van der Waals surface area contributed by atoms with Gasteiger partial charge in [0.1, 0.15) is 23.1 Å². The quantitative estimate of drug-likeness (QED) is 0.415. The van der Waals surface area contributed by atoms with Crippen LogP contribution in [-0.4, -0.2) is 49.1 Å². The molecule has 5 rings (SSSR count). The highest BCUT2D eigenvalue weighted by molar-refractivity contribution is 5.96. The van der Waals surface area contributed by atoms with Crippen LogP contribution >= 0.6 is 0 Å². The molecule has 1 aromatic heterocycles. The van der Waals surface area contributed by atoms with E-state index >= 15 is 0 Å². The Balaban J connectivity index is 1.21. The third-order valence-corrected chi connectivity index (χ3v) is 8.11. The molecule has 2 fully saturated rings. The minimum Gasteiger partial charge on any atom is -0.497 e. The molecule has 2 unspecified atom stereocenters. The lowest BCUT2D eigenvalue weighted by Gasteiger charge is -2.40. The van der Waals surface area contributed by atoms with Gasteiger partial charge >= 0.3 is 0 Å². The number of hydrogen-bond donors (Lipinski definition) is 2. The molecule has 2 saturated heterocycles. The number of fused-ring (bicyclic) bond motifs is 2. The summed E-state index contributed by atoms with van der Waals surface area (Å²) in [6.07, 6.45) is 5.30. The van der Waals surface area contributed by atoms with Crippen molar-refractivity contribution in [3.8, 4) is 11.5 Å². The maximum absolute atomic E-state index is 14.4. The minimum absolute atomic E-state index is 0.0773. The Bertz CT molecular complexity index is 1380. The highest BCUT2D eigenvalue weighted by Crippen LogP contribution is 2.39. The summed E-state index contributed by atoms with van der Waals surface area (Å²) in [5, 5.41) is 6.08. The van der Waals surface area contributed by atoms with E-state index in [9.17, 15) is 14.0 Å². The average Bonchev–Trinajstić information content (AvgIpc) is 3.22. The van der Waals surface area contributed by atoms with Crippen molar-refractivity contribution >= 4 is 17.6 Å². The Morgan fingerprint density at radius 2 is 1.77 bits per heavy atom. The topological polar surface area (TPSA) is 92.8 Å². The van der Waals surface area contributed by atoms with Gasteiger partial charge in [-0.25, -0.2) is 9.37 Å². The molecule has 2 aliphatic rings. The summed E-state index contributed by atoms with van der Waals surface area (Å²) in [6.45, 7) is 3.63. The Hall–Kier alpha value is -4.14. The second-order valence-electron chi connectivity index (χ2n) is 10.6. The third-order valence-electron chi connectivity index (χ3n) is 8.11. The average molecular weight is 547 g/mol. The molecule has 0 saturated carbocycles. The first-order valence-electron chi connectivity index (χ1n) is 13.6. The number of nitrogens with one attached hydrogen (secondary N) is 2. The predicted molar refractivity (Wildman–Crippen MR) is 151 cm³/mol. The van der Waals surface area contributed by atoms with Crippen molar-refractivity contribution in [3.63, 3.8) is 0 Å². The number of rotatable bonds is 8. The molecule has 3 heterocycles. The second kappa shape index (κ2) is 11.5. The summed E-state index contributed by atoms with van der Waals surface area (Å²) in [7, 11) is 3.08. The Labute approximate surface area is 233 Å². The highest BCUT2D eigenvalue weighted by atomic mass is 19.1. The molecule has 2 amide bonds. The van der Waals surface area contributed by atoms with Gasteiger partial charge in [-0.1, -0.05) is 12.1 Å². The van der Waals surface area contributed by atoms with Crippen LogP contribution in [0.2, 0.25) is 0 Å². The first kappa shape index (κ1) is 27.4. The zero-order valence-corrected chi connectivity index (χ0v) is 23.2. The van der Waals surface area contributed by atoms with Gasteiger partial charge in [-0.15, -0.1) is 0 Å². The fraction of sp³-hybridized carbons (Fsp3) is 0.387. The van der Waals surface area contributed by atoms with E-state index in [0.29, 0.717) is 28.2 Å². The molecule has 2 N–H and O–H groups in total. The van der Waals surface area contributed by atoms with Gasteiger partial charge in [0, 0.05) is 47.1 Å². The number of aromatic nitrogens is 1. The molecule has 210 valence electrons. The van der Waals surface area contributed by atoms with Crippen molar-refractivity contribution in [2.24, 2.45) is 0 Å². The summed E-state index contributed by atoms with van der Waals surface area (Å²) in [5.41, 5.74) is 2.26. The van der Waals surface area contributed by atoms with Gasteiger partial charge in [0.25, 0.3) is 11.8 Å². The zero-order valence-electron chi connectivity index (χ0n) is 23.2. The molecule has 3 atom stereocenters. The molecule has 2 aliphatic heterocycles. The van der Waals surface area contributed by atoms with Crippen molar-refractivity contribution in [2.75, 3.05) is 19.1 Å². The van der Waals surface area contributed by atoms with Crippen LogP contribution in [0.3, 0.4) is 0 Å². The number of ether oxygens (including phenoxy) is 2. The van der Waals surface area contributed by atoms with Crippen molar-refractivity contribution in [1.29, 1.82) is 0 Å². The molecule has 2 aromatic carbocycles. The second-order valence-corrected chi connectivity index (χ2v) is 10.6. The van der Waals surface area contributed by atoms with E-state index < -0.39 is 11.9 Å². The number of nitrogens with zero attached hydrogens (tertiary/aromatic N) is 2. The maximum atomic E-state index is 14.4. The van der Waals surface area contributed by atoms with Gasteiger partial charge in [-0.2, -0.15) is 0 Å². The number of carbonyl (C=O) groups excluding carboxylic acids is 2. The summed E-state index contributed by atoms with van der Waals surface area (Å²) < 4.78 is 24.9. The van der Waals surface area contributed by atoms with Crippen LogP contribution in [0.1, 0.15) is 70.5 Å². The Morgan fingerprint density at radius 3 is 2.40 bits per heavy atom. The number of amides is 2. The molecule has 3 aromatic rings. The number of anilines is 1. The third kappa shape index (κ3) is 5.46. The molecule has 8 nitrogen and oxygen atoms in total. The van der Waals surface area contributed by atoms with E-state index in [1.54, 1.807) is 38.4 Å². The monoisotopic (exact) mass is 546 g/mol. The van der Waals surface area contributed by atoms with E-state index in [1.807, 2.05) is 31.2 Å². The summed E-state index contributed by atoms with van der Waals surface area (Å²) in [5.74, 6) is 1.12. The normalized spacial score (nSPS) is 20.5. The van der Waals surface area contributed by atoms with E-state index in [-0.39, 0.29) is 29.9 Å². The first-order valence-corrected chi connectivity index (χ1v) is 13.6. The van der Waals surface area contributed by atoms with E-state index in [2.05, 4.69) is 20.5 Å². The van der Waals surface area contributed by atoms with E-state index in [1.165, 1.54) is 13.2 Å². The van der Waals surface area contributed by atoms with Gasteiger partial charge in [0.2, 0.25) is 0 Å². The van der Waals surface area contributed by atoms with Crippen molar-refractivity contribution < 1.29 is 23.5 Å². The van der Waals surface area contributed by atoms with Gasteiger partial charge in [-0.3, -0.25) is 9.59 Å². The molecule has 0 spiro atoms. The number of methoxy groups -OCH3 is 2. The van der Waals surface area contributed by atoms with Gasteiger partial charge in [0.05, 0.1) is 25.8 Å². The van der Waals surface area contributed by atoms with Crippen molar-refractivity contribution in [1.82, 2.24) is 15.6 Å². The van der Waals surface area contributed by atoms with Crippen molar-refractivity contribution in [3.05, 3.63) is 82.8 Å². The standard InChI is InChI=1S/C31H35FN4O4/c1-18-25(6-5-7-28(18)40-4)31(38)35-21-14-22-9-10-23(15-21)36(22)29-13-8-20(17-33-29)30(37)34-19(2)26-12-11-24(39-3)16-27(26)32/h5-8,11-13,16-17,19,21-23H,9-10,14-15H2,1-4H3,(H,34,37)(H,35,38)/t19-,21?,22?,23?/m0/s1. The zero-order chi connectivity index (χ0) is 28.4. The molecular formula is C31H35FN4O4. The molecule has 0 aliphatic carbocycles. The molecule has 0 radical (unpaired) electrons. The van der Waals surface area contributed by atoms with E-state index in [4.69, 9.17) is 9.47 Å². The summed E-state index contributed by atoms with van der Waals surface area (Å²) in [6, 6.07) is 13.8. The van der Waals surface area contributed by atoms with Gasteiger partial charge in [-0.05, 0) is 69.9 Å². The number of hydrogen-bond acceptors (Lipinski definition) is 6. The summed E-state index contributed by atoms with van der Waals surface area (Å²) in [4.78, 5) is 32.9. The Kier molecular flexibility index (Phi) is 7.91. The number of pyridine rings is 1. The highest BCUT2D eigenvalue weighted by Gasteiger charge is 2.42. The Morgan fingerprint density at radius 1 is 1.02 bits per heavy atom. The fourth-order valence-corrected chi connectivity index (χ4v) is 6.03. The van der Waals surface area contributed by atoms with Crippen LogP contribution in [-0.2, 0) is 0 Å². The lowest BCUT2D eigenvalue weighted by molar-refractivity contribution is 0.0922. The lowest BCUT2D eigenvalue weighted by atomic mass is 9.96. The number of piperidine rings is 1. The van der Waals surface area contributed by atoms with Crippen LogP contribution in [0, 0.1) is 12.7 Å². The maximum Gasteiger partial charge on any atom is 0.253 e. The van der Waals surface area contributed by atoms with Crippen molar-refractivity contribution in [2.45, 2.75) is 63.7 Å². The van der Waals surface area contributed by atoms with Crippen LogP contribution in [0.25, 0.3) is 0 Å². The molecule has 9 heteroatoms.